The van der Waals surface area contributed by atoms with E-state index in [4.69, 9.17) is 0 Å². The van der Waals surface area contributed by atoms with E-state index < -0.39 is 49.7 Å². The molecule has 1 saturated heterocycles. The number of fused-ring (bicyclic) bond motifs is 1. The van der Waals surface area contributed by atoms with Crippen LogP contribution >= 0.6 is 11.3 Å². The van der Waals surface area contributed by atoms with Crippen molar-refractivity contribution in [2.24, 2.45) is 0 Å². The molecular weight excluding hydrogens is 459 g/mol. The Morgan fingerprint density at radius 1 is 1.16 bits per heavy atom. The molecule has 2 aliphatic rings. The van der Waals surface area contributed by atoms with E-state index in [1.54, 1.807) is 0 Å². The summed E-state index contributed by atoms with van der Waals surface area (Å²) < 4.78 is 66.4. The number of carbonyl (C=O) groups is 3. The van der Waals surface area contributed by atoms with Crippen LogP contribution in [-0.4, -0.2) is 37.1 Å². The van der Waals surface area contributed by atoms with E-state index in [9.17, 15) is 36.0 Å². The summed E-state index contributed by atoms with van der Waals surface area (Å²) >= 11 is 0.273. The molecule has 1 aromatic heterocycles. The molecule has 8 nitrogen and oxygen atoms in total. The molecule has 0 aliphatic carbocycles. The normalized spacial score (nSPS) is 19.4. The van der Waals surface area contributed by atoms with E-state index >= 15 is 0 Å². The third kappa shape index (κ3) is 3.90. The van der Waals surface area contributed by atoms with Crippen LogP contribution in [0.1, 0.15) is 33.6 Å². The van der Waals surface area contributed by atoms with Gasteiger partial charge in [0.2, 0.25) is 11.8 Å². The number of nitrogens with one attached hydrogen (secondary N) is 2. The van der Waals surface area contributed by atoms with Gasteiger partial charge in [-0.25, -0.2) is 8.42 Å². The van der Waals surface area contributed by atoms with Gasteiger partial charge in [-0.1, -0.05) is 0 Å². The maximum Gasteiger partial charge on any atom is 0.426 e. The van der Waals surface area contributed by atoms with E-state index in [0.29, 0.717) is 5.56 Å². The van der Waals surface area contributed by atoms with Gasteiger partial charge in [-0.2, -0.15) is 13.2 Å². The zero-order valence-corrected chi connectivity index (χ0v) is 17.2. The number of hydrogen-bond donors (Lipinski definition) is 2. The van der Waals surface area contributed by atoms with Gasteiger partial charge in [-0.3, -0.25) is 24.4 Å². The molecule has 4 rings (SSSR count). The Hall–Kier alpha value is -2.93. The highest BCUT2D eigenvalue weighted by Gasteiger charge is 2.40. The summed E-state index contributed by atoms with van der Waals surface area (Å²) in [5, 5.41) is 3.21. The maximum absolute atomic E-state index is 13.1. The molecule has 0 saturated carbocycles. The van der Waals surface area contributed by atoms with Crippen molar-refractivity contribution in [3.05, 3.63) is 45.6 Å². The van der Waals surface area contributed by atoms with E-state index in [1.165, 1.54) is 23.1 Å². The molecule has 1 unspecified atom stereocenters. The number of thiophene rings is 1. The van der Waals surface area contributed by atoms with Crippen molar-refractivity contribution in [3.63, 3.8) is 0 Å². The summed E-state index contributed by atoms with van der Waals surface area (Å²) in [5.41, 5.74) is 0.645. The van der Waals surface area contributed by atoms with Crippen LogP contribution in [0.2, 0.25) is 0 Å². The number of sulfonamides is 1. The summed E-state index contributed by atoms with van der Waals surface area (Å²) in [6.07, 6.45) is -4.56. The van der Waals surface area contributed by atoms with E-state index in [1.807, 2.05) is 0 Å². The minimum absolute atomic E-state index is 0.00225. The van der Waals surface area contributed by atoms with Crippen molar-refractivity contribution in [2.45, 2.75) is 36.5 Å². The van der Waals surface area contributed by atoms with Crippen LogP contribution in [0.5, 0.6) is 0 Å². The average Bonchev–Trinajstić information content (AvgIpc) is 3.27. The second kappa shape index (κ2) is 7.34. The van der Waals surface area contributed by atoms with Crippen LogP contribution in [0.25, 0.3) is 0 Å². The van der Waals surface area contributed by atoms with Crippen molar-refractivity contribution in [1.82, 2.24) is 10.2 Å². The van der Waals surface area contributed by atoms with E-state index in [-0.39, 0.29) is 42.0 Å². The predicted molar refractivity (Wildman–Crippen MR) is 103 cm³/mol. The fraction of sp³-hybridized carbons (Fsp3) is 0.278. The molecule has 1 atom stereocenters. The van der Waals surface area contributed by atoms with Gasteiger partial charge in [0.15, 0.2) is 0 Å². The molecule has 164 valence electrons. The topological polar surface area (TPSA) is 113 Å². The number of nitrogens with zero attached hydrogens (tertiary/aromatic N) is 1. The highest BCUT2D eigenvalue weighted by molar-refractivity contribution is 7.93. The Labute approximate surface area is 178 Å². The highest BCUT2D eigenvalue weighted by atomic mass is 32.2. The number of hydrogen-bond acceptors (Lipinski definition) is 6. The van der Waals surface area contributed by atoms with Gasteiger partial charge in [0.05, 0.1) is 0 Å². The Morgan fingerprint density at radius 3 is 2.58 bits per heavy atom. The first kappa shape index (κ1) is 21.3. The average molecular weight is 473 g/mol. The van der Waals surface area contributed by atoms with Crippen molar-refractivity contribution in [1.29, 1.82) is 0 Å². The second-order valence-corrected chi connectivity index (χ2v) is 9.56. The standard InChI is InChI=1S/C18H14F3N3O5S2/c19-18(20,21)15-13(5-6-30-15)31(28,29)23-10-1-2-11-9(7-10)8-24(17(11)27)12-3-4-14(25)22-16(12)26/h1-2,5-7,12,23H,3-4,8H2,(H,22,25,26). The summed E-state index contributed by atoms with van der Waals surface area (Å²) in [7, 11) is -4.52. The van der Waals surface area contributed by atoms with E-state index in [0.717, 1.165) is 11.4 Å². The third-order valence-corrected chi connectivity index (χ3v) is 7.46. The Bertz CT molecular complexity index is 1210. The molecule has 31 heavy (non-hydrogen) atoms. The molecule has 3 amide bonds. The first-order chi connectivity index (χ1) is 14.5. The van der Waals surface area contributed by atoms with Gasteiger partial charge in [0, 0.05) is 24.2 Å². The number of piperidine rings is 1. The van der Waals surface area contributed by atoms with Gasteiger partial charge in [0.25, 0.3) is 15.9 Å². The molecule has 2 aromatic rings. The minimum Gasteiger partial charge on any atom is -0.322 e. The van der Waals surface area contributed by atoms with Gasteiger partial charge in [-0.15, -0.1) is 11.3 Å². The quantitative estimate of drug-likeness (QED) is 0.662. The van der Waals surface area contributed by atoms with Crippen molar-refractivity contribution in [2.75, 3.05) is 4.72 Å². The van der Waals surface area contributed by atoms with Gasteiger partial charge < -0.3 is 4.90 Å². The fourth-order valence-electron chi connectivity index (χ4n) is 3.56. The van der Waals surface area contributed by atoms with E-state index in [2.05, 4.69) is 10.0 Å². The van der Waals surface area contributed by atoms with Crippen LogP contribution in [-0.2, 0) is 32.3 Å². The Kier molecular flexibility index (Phi) is 5.04. The smallest absolute Gasteiger partial charge is 0.322 e. The number of rotatable bonds is 4. The summed E-state index contributed by atoms with van der Waals surface area (Å²) in [6, 6.07) is 3.99. The molecule has 0 spiro atoms. The number of anilines is 1. The lowest BCUT2D eigenvalue weighted by Crippen LogP contribution is -2.52. The van der Waals surface area contributed by atoms with Crippen LogP contribution < -0.4 is 10.0 Å². The van der Waals surface area contributed by atoms with Crippen molar-refractivity contribution >= 4 is 44.8 Å². The monoisotopic (exact) mass is 473 g/mol. The first-order valence-corrected chi connectivity index (χ1v) is 11.3. The zero-order chi connectivity index (χ0) is 22.6. The second-order valence-electron chi connectivity index (χ2n) is 6.99. The number of alkyl halides is 3. The molecule has 3 heterocycles. The molecule has 2 N–H and O–H groups in total. The van der Waals surface area contributed by atoms with Crippen molar-refractivity contribution < 1.29 is 36.0 Å². The molecule has 13 heteroatoms. The lowest BCUT2D eigenvalue weighted by molar-refractivity contribution is -0.137. The molecule has 1 aromatic carbocycles. The summed E-state index contributed by atoms with van der Waals surface area (Å²) in [4.78, 5) is 35.2. The number of halogens is 3. The SMILES string of the molecule is O=C1CCC(N2Cc3cc(NS(=O)(=O)c4ccsc4C(F)(F)F)ccc3C2=O)C(=O)N1. The first-order valence-electron chi connectivity index (χ1n) is 8.92. The largest absolute Gasteiger partial charge is 0.426 e. The number of carbonyl (C=O) groups excluding carboxylic acids is 3. The third-order valence-electron chi connectivity index (χ3n) is 4.95. The van der Waals surface area contributed by atoms with Crippen molar-refractivity contribution in [3.8, 4) is 0 Å². The minimum atomic E-state index is -4.81. The molecule has 1 fully saturated rings. The predicted octanol–water partition coefficient (Wildman–Crippen LogP) is 2.33. The number of imide groups is 1. The maximum atomic E-state index is 13.1. The fourth-order valence-corrected chi connectivity index (χ4v) is 5.94. The molecular formula is C18H14F3N3O5S2. The van der Waals surface area contributed by atoms with Crippen LogP contribution in [0.15, 0.2) is 34.5 Å². The number of benzene rings is 1. The summed E-state index contributed by atoms with van der Waals surface area (Å²) in [5.74, 6) is -1.46. The van der Waals surface area contributed by atoms with Crippen LogP contribution in [0, 0.1) is 0 Å². The Balaban J connectivity index is 1.57. The van der Waals surface area contributed by atoms with Crippen LogP contribution in [0.4, 0.5) is 18.9 Å². The van der Waals surface area contributed by atoms with Gasteiger partial charge >= 0.3 is 6.18 Å². The lowest BCUT2D eigenvalue weighted by Gasteiger charge is -2.29. The molecule has 0 radical (unpaired) electrons. The summed E-state index contributed by atoms with van der Waals surface area (Å²) in [6.45, 7) is 0.00225. The highest BCUT2D eigenvalue weighted by Crippen LogP contribution is 2.39. The van der Waals surface area contributed by atoms with Gasteiger partial charge in [0.1, 0.15) is 15.8 Å². The molecule has 0 bridgehead atoms. The van der Waals surface area contributed by atoms with Gasteiger partial charge in [-0.05, 0) is 41.6 Å². The number of amides is 3. The lowest BCUT2D eigenvalue weighted by atomic mass is 10.0. The zero-order valence-electron chi connectivity index (χ0n) is 15.5. The molecule has 2 aliphatic heterocycles. The van der Waals surface area contributed by atoms with Crippen LogP contribution in [0.3, 0.4) is 0 Å². The Morgan fingerprint density at radius 2 is 1.90 bits per heavy atom.